The standard InChI is InChI=1S/C21H18BrNO2/c1-21(2,3)25-20(24)23-16-10-6-9-15(22)19(16)18-14-8-5-4-7-13(14)11-12-17(18)23/h4-12H,1-3H3. The predicted molar refractivity (Wildman–Crippen MR) is 106 cm³/mol. The third-order valence-corrected chi connectivity index (χ3v) is 4.87. The van der Waals surface area contributed by atoms with Gasteiger partial charge in [-0.2, -0.15) is 0 Å². The maximum absolute atomic E-state index is 12.9. The smallest absolute Gasteiger partial charge is 0.419 e. The molecular formula is C21H18BrNO2. The number of benzene rings is 3. The quantitative estimate of drug-likeness (QED) is 0.340. The van der Waals surface area contributed by atoms with E-state index in [0.29, 0.717) is 0 Å². The van der Waals surface area contributed by atoms with Crippen molar-refractivity contribution < 1.29 is 9.53 Å². The van der Waals surface area contributed by atoms with Crippen LogP contribution in [0.4, 0.5) is 4.79 Å². The number of carbonyl (C=O) groups is 1. The Morgan fingerprint density at radius 1 is 0.920 bits per heavy atom. The molecule has 0 spiro atoms. The normalized spacial score (nSPS) is 12.2. The Hall–Kier alpha value is -2.33. The molecule has 0 aliphatic carbocycles. The minimum Gasteiger partial charge on any atom is -0.443 e. The molecule has 1 aromatic heterocycles. The fourth-order valence-electron chi connectivity index (χ4n) is 3.29. The zero-order chi connectivity index (χ0) is 17.8. The number of ether oxygens (including phenoxy) is 1. The number of rotatable bonds is 0. The topological polar surface area (TPSA) is 31.2 Å². The van der Waals surface area contributed by atoms with Gasteiger partial charge < -0.3 is 4.74 Å². The number of hydrogen-bond donors (Lipinski definition) is 0. The summed E-state index contributed by atoms with van der Waals surface area (Å²) in [6, 6.07) is 18.2. The minimum absolute atomic E-state index is 0.360. The lowest BCUT2D eigenvalue weighted by atomic mass is 10.0. The molecular weight excluding hydrogens is 378 g/mol. The van der Waals surface area contributed by atoms with Crippen molar-refractivity contribution in [2.45, 2.75) is 26.4 Å². The van der Waals surface area contributed by atoms with Crippen LogP contribution in [-0.4, -0.2) is 16.3 Å². The molecule has 0 aliphatic rings. The average Bonchev–Trinajstić information content (AvgIpc) is 2.89. The van der Waals surface area contributed by atoms with E-state index in [-0.39, 0.29) is 6.09 Å². The van der Waals surface area contributed by atoms with Crippen LogP contribution in [0.5, 0.6) is 0 Å². The number of carbonyl (C=O) groups excluding carboxylic acids is 1. The van der Waals surface area contributed by atoms with E-state index in [9.17, 15) is 4.79 Å². The Morgan fingerprint density at radius 2 is 1.64 bits per heavy atom. The number of nitrogens with zero attached hydrogens (tertiary/aromatic N) is 1. The first kappa shape index (κ1) is 16.2. The molecule has 0 aliphatic heterocycles. The zero-order valence-corrected chi connectivity index (χ0v) is 15.9. The van der Waals surface area contributed by atoms with Gasteiger partial charge in [0.05, 0.1) is 11.0 Å². The second kappa shape index (κ2) is 5.60. The summed E-state index contributed by atoms with van der Waals surface area (Å²) < 4.78 is 8.30. The Labute approximate surface area is 154 Å². The van der Waals surface area contributed by atoms with Crippen molar-refractivity contribution in [3.8, 4) is 0 Å². The maximum Gasteiger partial charge on any atom is 0.419 e. The number of fused-ring (bicyclic) bond motifs is 5. The summed E-state index contributed by atoms with van der Waals surface area (Å²) in [6.07, 6.45) is -0.360. The Morgan fingerprint density at radius 3 is 2.40 bits per heavy atom. The van der Waals surface area contributed by atoms with Gasteiger partial charge in [-0.15, -0.1) is 0 Å². The van der Waals surface area contributed by atoms with Gasteiger partial charge in [0.1, 0.15) is 5.60 Å². The van der Waals surface area contributed by atoms with Gasteiger partial charge >= 0.3 is 6.09 Å². The van der Waals surface area contributed by atoms with Gasteiger partial charge in [-0.05, 0) is 49.7 Å². The minimum atomic E-state index is -0.553. The van der Waals surface area contributed by atoms with E-state index in [0.717, 1.165) is 37.1 Å². The highest BCUT2D eigenvalue weighted by Gasteiger charge is 2.23. The fourth-order valence-corrected chi connectivity index (χ4v) is 3.84. The van der Waals surface area contributed by atoms with Crippen LogP contribution in [0, 0.1) is 0 Å². The van der Waals surface area contributed by atoms with Crippen molar-refractivity contribution in [2.24, 2.45) is 0 Å². The van der Waals surface area contributed by atoms with E-state index < -0.39 is 5.60 Å². The lowest BCUT2D eigenvalue weighted by molar-refractivity contribution is 0.0551. The Balaban J connectivity index is 2.17. The maximum atomic E-state index is 12.9. The molecule has 3 aromatic carbocycles. The van der Waals surface area contributed by atoms with Crippen LogP contribution in [0.1, 0.15) is 20.8 Å². The molecule has 0 bridgehead atoms. The lowest BCUT2D eigenvalue weighted by Crippen LogP contribution is -2.27. The first-order valence-electron chi connectivity index (χ1n) is 8.20. The first-order valence-corrected chi connectivity index (χ1v) is 9.00. The monoisotopic (exact) mass is 395 g/mol. The molecule has 4 aromatic rings. The molecule has 0 fully saturated rings. The third kappa shape index (κ3) is 2.61. The number of halogens is 1. The summed E-state index contributed by atoms with van der Waals surface area (Å²) in [5.74, 6) is 0. The average molecular weight is 396 g/mol. The van der Waals surface area contributed by atoms with Gasteiger partial charge in [0.2, 0.25) is 0 Å². The highest BCUT2D eigenvalue weighted by atomic mass is 79.9. The van der Waals surface area contributed by atoms with Crippen LogP contribution in [0.25, 0.3) is 32.6 Å². The Kier molecular flexibility index (Phi) is 3.62. The summed E-state index contributed by atoms with van der Waals surface area (Å²) in [5, 5.41) is 4.36. The van der Waals surface area contributed by atoms with Crippen molar-refractivity contribution >= 4 is 54.6 Å². The fraction of sp³-hybridized carbons (Fsp3) is 0.190. The molecule has 3 nitrogen and oxygen atoms in total. The van der Waals surface area contributed by atoms with E-state index in [1.807, 2.05) is 63.2 Å². The number of hydrogen-bond acceptors (Lipinski definition) is 2. The Bertz CT molecular complexity index is 1140. The summed E-state index contributed by atoms with van der Waals surface area (Å²) in [6.45, 7) is 5.64. The summed E-state index contributed by atoms with van der Waals surface area (Å²) in [5.41, 5.74) is 1.15. The van der Waals surface area contributed by atoms with Crippen LogP contribution < -0.4 is 0 Å². The van der Waals surface area contributed by atoms with Gasteiger partial charge in [-0.1, -0.05) is 52.3 Å². The first-order chi connectivity index (χ1) is 11.9. The molecule has 4 rings (SSSR count). The largest absolute Gasteiger partial charge is 0.443 e. The SMILES string of the molecule is CC(C)(C)OC(=O)n1c2cccc(Br)c2c2c3ccccc3ccc21. The van der Waals surface area contributed by atoms with Gasteiger partial charge in [-0.25, -0.2) is 9.36 Å². The highest BCUT2D eigenvalue weighted by molar-refractivity contribution is 9.10. The molecule has 4 heteroatoms. The van der Waals surface area contributed by atoms with Gasteiger partial charge in [0.25, 0.3) is 0 Å². The second-order valence-corrected chi connectivity index (χ2v) is 7.98. The zero-order valence-electron chi connectivity index (χ0n) is 14.3. The summed E-state index contributed by atoms with van der Waals surface area (Å²) in [7, 11) is 0. The van der Waals surface area contributed by atoms with E-state index >= 15 is 0 Å². The van der Waals surface area contributed by atoms with Gasteiger partial charge in [-0.3, -0.25) is 0 Å². The van der Waals surface area contributed by atoms with Crippen LogP contribution in [0.3, 0.4) is 0 Å². The van der Waals surface area contributed by atoms with Crippen LogP contribution in [0.2, 0.25) is 0 Å². The van der Waals surface area contributed by atoms with Crippen molar-refractivity contribution in [1.29, 1.82) is 0 Å². The van der Waals surface area contributed by atoms with Gasteiger partial charge in [0, 0.05) is 15.2 Å². The third-order valence-electron chi connectivity index (χ3n) is 4.21. The molecule has 126 valence electrons. The lowest BCUT2D eigenvalue weighted by Gasteiger charge is -2.20. The van der Waals surface area contributed by atoms with Crippen LogP contribution in [0.15, 0.2) is 59.1 Å². The van der Waals surface area contributed by atoms with Crippen molar-refractivity contribution in [2.75, 3.05) is 0 Å². The van der Waals surface area contributed by atoms with Gasteiger partial charge in [0.15, 0.2) is 0 Å². The van der Waals surface area contributed by atoms with Crippen molar-refractivity contribution in [3.05, 3.63) is 59.1 Å². The summed E-state index contributed by atoms with van der Waals surface area (Å²) in [4.78, 5) is 12.9. The van der Waals surface area contributed by atoms with E-state index in [1.54, 1.807) is 4.57 Å². The molecule has 0 N–H and O–H groups in total. The second-order valence-electron chi connectivity index (χ2n) is 7.13. The van der Waals surface area contributed by atoms with E-state index in [2.05, 4.69) is 28.1 Å². The number of aromatic nitrogens is 1. The molecule has 0 radical (unpaired) electrons. The molecule has 1 heterocycles. The molecule has 0 saturated carbocycles. The molecule has 0 amide bonds. The predicted octanol–water partition coefficient (Wildman–Crippen LogP) is 6.49. The van der Waals surface area contributed by atoms with Crippen LogP contribution >= 0.6 is 15.9 Å². The molecule has 25 heavy (non-hydrogen) atoms. The van der Waals surface area contributed by atoms with Crippen LogP contribution in [-0.2, 0) is 4.74 Å². The molecule has 0 unspecified atom stereocenters. The van der Waals surface area contributed by atoms with E-state index in [1.165, 1.54) is 0 Å². The summed E-state index contributed by atoms with van der Waals surface area (Å²) >= 11 is 3.66. The van der Waals surface area contributed by atoms with Crippen molar-refractivity contribution in [1.82, 2.24) is 4.57 Å². The van der Waals surface area contributed by atoms with Crippen molar-refractivity contribution in [3.63, 3.8) is 0 Å². The van der Waals surface area contributed by atoms with E-state index in [4.69, 9.17) is 4.74 Å². The molecule has 0 atom stereocenters. The highest BCUT2D eigenvalue weighted by Crippen LogP contribution is 2.38. The molecule has 0 saturated heterocycles.